The third-order valence-corrected chi connectivity index (χ3v) is 8.43. The van der Waals surface area contributed by atoms with Gasteiger partial charge >= 0.3 is 6.09 Å². The standard InChI is InChI=1S/C25H36N2O2S/c1-25(2,3)29-24(28)26-12-10-21-20(16-26)19-14-18(17-8-5-4-6-9-17)15-22-23(19)27(21)11-7-13-30-22/h14-15,17,20-21H,4-13,16H2,1-3H3/t20-,21-/m0/s1. The Balaban J connectivity index is 1.47. The normalized spacial score (nSPS) is 26.8. The molecule has 30 heavy (non-hydrogen) atoms. The van der Waals surface area contributed by atoms with Gasteiger partial charge in [-0.3, -0.25) is 0 Å². The van der Waals surface area contributed by atoms with Crippen molar-refractivity contribution in [3.8, 4) is 0 Å². The summed E-state index contributed by atoms with van der Waals surface area (Å²) in [6.07, 6.45) is 8.95. The maximum absolute atomic E-state index is 12.8. The molecular formula is C25H36N2O2S. The molecule has 1 saturated carbocycles. The summed E-state index contributed by atoms with van der Waals surface area (Å²) in [6, 6.07) is 5.61. The van der Waals surface area contributed by atoms with Crippen molar-refractivity contribution in [3.63, 3.8) is 0 Å². The molecular weight excluding hydrogens is 392 g/mol. The second-order valence-corrected chi connectivity index (χ2v) is 11.7. The quantitative estimate of drug-likeness (QED) is 0.538. The van der Waals surface area contributed by atoms with Crippen LogP contribution < -0.4 is 4.90 Å². The first-order valence-corrected chi connectivity index (χ1v) is 12.9. The lowest BCUT2D eigenvalue weighted by Crippen LogP contribution is -2.49. The van der Waals surface area contributed by atoms with Crippen LogP contribution in [-0.2, 0) is 4.74 Å². The molecule has 1 saturated heterocycles. The Morgan fingerprint density at radius 2 is 1.87 bits per heavy atom. The van der Waals surface area contributed by atoms with Crippen LogP contribution in [0.4, 0.5) is 10.5 Å². The van der Waals surface area contributed by atoms with Gasteiger partial charge in [0.05, 0.1) is 5.69 Å². The molecule has 4 aliphatic rings. The number of fused-ring (bicyclic) bond motifs is 3. The Hall–Kier alpha value is -1.36. The molecule has 5 rings (SSSR count). The van der Waals surface area contributed by atoms with Crippen molar-refractivity contribution in [3.05, 3.63) is 23.3 Å². The Kier molecular flexibility index (Phi) is 5.45. The largest absolute Gasteiger partial charge is 0.444 e. The molecule has 2 fully saturated rings. The zero-order valence-corrected chi connectivity index (χ0v) is 19.6. The fourth-order valence-electron chi connectivity index (χ4n) is 5.99. The van der Waals surface area contributed by atoms with E-state index >= 15 is 0 Å². The van der Waals surface area contributed by atoms with Crippen molar-refractivity contribution < 1.29 is 9.53 Å². The average Bonchev–Trinajstić information content (AvgIpc) is 2.88. The zero-order chi connectivity index (χ0) is 20.9. The minimum Gasteiger partial charge on any atom is -0.444 e. The summed E-state index contributed by atoms with van der Waals surface area (Å²) in [5.41, 5.74) is 4.14. The Morgan fingerprint density at radius 1 is 1.07 bits per heavy atom. The summed E-state index contributed by atoms with van der Waals surface area (Å²) in [6.45, 7) is 8.62. The summed E-state index contributed by atoms with van der Waals surface area (Å²) in [5, 5.41) is 0. The van der Waals surface area contributed by atoms with Gasteiger partial charge in [-0.05, 0) is 75.3 Å². The molecule has 1 aromatic carbocycles. The van der Waals surface area contributed by atoms with E-state index < -0.39 is 5.60 Å². The fourth-order valence-corrected chi connectivity index (χ4v) is 7.08. The lowest BCUT2D eigenvalue weighted by Gasteiger charge is -2.39. The summed E-state index contributed by atoms with van der Waals surface area (Å²) in [5.74, 6) is 2.36. The van der Waals surface area contributed by atoms with Crippen molar-refractivity contribution in [2.75, 3.05) is 30.3 Å². The number of ether oxygens (including phenoxy) is 1. The van der Waals surface area contributed by atoms with E-state index in [2.05, 4.69) is 28.8 Å². The highest BCUT2D eigenvalue weighted by Crippen LogP contribution is 2.52. The van der Waals surface area contributed by atoms with Gasteiger partial charge in [-0.1, -0.05) is 25.3 Å². The monoisotopic (exact) mass is 428 g/mol. The van der Waals surface area contributed by atoms with E-state index in [0.29, 0.717) is 12.0 Å². The van der Waals surface area contributed by atoms with E-state index in [9.17, 15) is 4.79 Å². The molecule has 1 aliphatic carbocycles. The highest BCUT2D eigenvalue weighted by atomic mass is 32.2. The molecule has 164 valence electrons. The molecule has 4 nitrogen and oxygen atoms in total. The van der Waals surface area contributed by atoms with Gasteiger partial charge in [-0.15, -0.1) is 11.8 Å². The van der Waals surface area contributed by atoms with E-state index in [4.69, 9.17) is 4.74 Å². The molecule has 1 amide bonds. The lowest BCUT2D eigenvalue weighted by molar-refractivity contribution is 0.0189. The highest BCUT2D eigenvalue weighted by Gasteiger charge is 2.45. The fraction of sp³-hybridized carbons (Fsp3) is 0.720. The minimum atomic E-state index is -0.438. The van der Waals surface area contributed by atoms with Gasteiger partial charge in [0.25, 0.3) is 0 Å². The predicted octanol–water partition coefficient (Wildman–Crippen LogP) is 6.14. The van der Waals surface area contributed by atoms with Crippen molar-refractivity contribution >= 4 is 23.5 Å². The lowest BCUT2D eigenvalue weighted by atomic mass is 9.82. The molecule has 2 atom stereocenters. The zero-order valence-electron chi connectivity index (χ0n) is 18.8. The number of piperidine rings is 1. The van der Waals surface area contributed by atoms with Gasteiger partial charge in [0.1, 0.15) is 5.60 Å². The van der Waals surface area contributed by atoms with Crippen LogP contribution in [0.3, 0.4) is 0 Å². The van der Waals surface area contributed by atoms with Gasteiger partial charge < -0.3 is 14.5 Å². The van der Waals surface area contributed by atoms with E-state index in [0.717, 1.165) is 32.0 Å². The molecule has 3 heterocycles. The van der Waals surface area contributed by atoms with Crippen molar-refractivity contribution in [2.24, 2.45) is 0 Å². The molecule has 0 spiro atoms. The number of benzene rings is 1. The minimum absolute atomic E-state index is 0.147. The van der Waals surface area contributed by atoms with Gasteiger partial charge in [-0.2, -0.15) is 0 Å². The first kappa shape index (κ1) is 20.5. The van der Waals surface area contributed by atoms with Crippen LogP contribution in [0.25, 0.3) is 0 Å². The molecule has 1 aromatic rings. The molecule has 0 N–H and O–H groups in total. The van der Waals surface area contributed by atoms with Crippen molar-refractivity contribution in [1.29, 1.82) is 0 Å². The van der Waals surface area contributed by atoms with E-state index in [1.807, 2.05) is 25.7 Å². The number of nitrogens with zero attached hydrogens (tertiary/aromatic N) is 2. The van der Waals surface area contributed by atoms with Crippen LogP contribution in [-0.4, -0.2) is 48.0 Å². The summed E-state index contributed by atoms with van der Waals surface area (Å²) >= 11 is 2.06. The number of carbonyl (C=O) groups excluding carboxylic acids is 1. The van der Waals surface area contributed by atoms with Crippen LogP contribution in [0, 0.1) is 0 Å². The molecule has 5 heteroatoms. The smallest absolute Gasteiger partial charge is 0.410 e. The van der Waals surface area contributed by atoms with E-state index in [-0.39, 0.29) is 6.09 Å². The highest BCUT2D eigenvalue weighted by molar-refractivity contribution is 7.99. The first-order valence-electron chi connectivity index (χ1n) is 12.0. The Bertz CT molecular complexity index is 812. The third kappa shape index (κ3) is 3.83. The SMILES string of the molecule is CC(C)(C)OC(=O)N1CC[C@H]2[C@@H](C1)c1cc(C3CCCCC3)cc3c1N2CCCS3. The third-order valence-electron chi connectivity index (χ3n) is 7.32. The number of amides is 1. The van der Waals surface area contributed by atoms with E-state index in [1.54, 1.807) is 5.56 Å². The van der Waals surface area contributed by atoms with Crippen LogP contribution in [0.2, 0.25) is 0 Å². The van der Waals surface area contributed by atoms with Gasteiger partial charge in [0.2, 0.25) is 0 Å². The van der Waals surface area contributed by atoms with Crippen LogP contribution in [0.1, 0.15) is 88.7 Å². The first-order chi connectivity index (χ1) is 14.4. The van der Waals surface area contributed by atoms with Gasteiger partial charge in [0, 0.05) is 36.5 Å². The predicted molar refractivity (Wildman–Crippen MR) is 124 cm³/mol. The number of hydrogen-bond donors (Lipinski definition) is 0. The summed E-state index contributed by atoms with van der Waals surface area (Å²) in [4.78, 5) is 19.0. The van der Waals surface area contributed by atoms with Crippen LogP contribution in [0.15, 0.2) is 17.0 Å². The maximum Gasteiger partial charge on any atom is 0.410 e. The summed E-state index contributed by atoms with van der Waals surface area (Å²) in [7, 11) is 0. The number of likely N-dealkylation sites (tertiary alicyclic amines) is 1. The molecule has 3 aliphatic heterocycles. The number of anilines is 1. The molecule has 0 aromatic heterocycles. The van der Waals surface area contributed by atoms with E-state index in [1.165, 1.54) is 60.4 Å². The van der Waals surface area contributed by atoms with Gasteiger partial charge in [-0.25, -0.2) is 4.79 Å². The number of hydrogen-bond acceptors (Lipinski definition) is 4. The molecule has 0 unspecified atom stereocenters. The number of carbonyl (C=O) groups is 1. The van der Waals surface area contributed by atoms with Crippen LogP contribution in [0.5, 0.6) is 0 Å². The summed E-state index contributed by atoms with van der Waals surface area (Å²) < 4.78 is 5.71. The molecule has 0 radical (unpaired) electrons. The average molecular weight is 429 g/mol. The second kappa shape index (κ2) is 7.96. The van der Waals surface area contributed by atoms with Gasteiger partial charge in [0.15, 0.2) is 0 Å². The Morgan fingerprint density at radius 3 is 2.63 bits per heavy atom. The second-order valence-electron chi connectivity index (χ2n) is 10.6. The topological polar surface area (TPSA) is 32.8 Å². The maximum atomic E-state index is 12.8. The van der Waals surface area contributed by atoms with Crippen LogP contribution >= 0.6 is 11.8 Å². The van der Waals surface area contributed by atoms with Crippen molar-refractivity contribution in [2.45, 2.75) is 94.1 Å². The molecule has 0 bridgehead atoms. The number of thioether (sulfide) groups is 1. The Labute approximate surface area is 185 Å². The van der Waals surface area contributed by atoms with Crippen molar-refractivity contribution in [1.82, 2.24) is 4.90 Å². The number of rotatable bonds is 1.